The second-order valence-corrected chi connectivity index (χ2v) is 5.35. The molecule has 0 saturated carbocycles. The Kier molecular flexibility index (Phi) is 4.89. The van der Waals surface area contributed by atoms with Gasteiger partial charge in [0.25, 0.3) is 0 Å². The van der Waals surface area contributed by atoms with E-state index < -0.39 is 18.0 Å². The highest BCUT2D eigenvalue weighted by Crippen LogP contribution is 2.13. The summed E-state index contributed by atoms with van der Waals surface area (Å²) in [4.78, 5) is 24.3. The number of amides is 2. The number of methoxy groups -OCH3 is 1. The lowest BCUT2D eigenvalue weighted by atomic mass is 10.1. The molecule has 8 heteroatoms. The van der Waals surface area contributed by atoms with Crippen molar-refractivity contribution in [2.75, 3.05) is 12.4 Å². The number of hydrogen-bond donors (Lipinski definition) is 2. The van der Waals surface area contributed by atoms with E-state index in [1.807, 2.05) is 30.3 Å². The first-order chi connectivity index (χ1) is 12.2. The Morgan fingerprint density at radius 2 is 2.00 bits per heavy atom. The number of carbonyl (C=O) groups is 2. The number of ether oxygens (including phenoxy) is 1. The monoisotopic (exact) mass is 339 g/mol. The number of fused-ring (bicyclic) bond motifs is 1. The van der Waals surface area contributed by atoms with Gasteiger partial charge < -0.3 is 15.4 Å². The highest BCUT2D eigenvalue weighted by atomic mass is 16.5. The van der Waals surface area contributed by atoms with E-state index in [4.69, 9.17) is 4.74 Å². The summed E-state index contributed by atoms with van der Waals surface area (Å²) in [6.07, 6.45) is 3.63. The Morgan fingerprint density at radius 3 is 2.76 bits per heavy atom. The van der Waals surface area contributed by atoms with Gasteiger partial charge in [0.15, 0.2) is 5.65 Å². The van der Waals surface area contributed by atoms with Gasteiger partial charge in [-0.3, -0.25) is 4.40 Å². The first-order valence-electron chi connectivity index (χ1n) is 7.65. The second-order valence-electron chi connectivity index (χ2n) is 5.35. The van der Waals surface area contributed by atoms with Crippen molar-refractivity contribution < 1.29 is 14.3 Å². The molecule has 3 aromatic rings. The molecule has 1 aromatic carbocycles. The molecule has 0 radical (unpaired) electrons. The van der Waals surface area contributed by atoms with Gasteiger partial charge in [-0.15, -0.1) is 10.2 Å². The zero-order valence-corrected chi connectivity index (χ0v) is 13.5. The number of pyridine rings is 1. The summed E-state index contributed by atoms with van der Waals surface area (Å²) in [6, 6.07) is 11.5. The number of anilines is 1. The van der Waals surface area contributed by atoms with Crippen LogP contribution in [0.1, 0.15) is 5.56 Å². The number of esters is 1. The molecule has 1 unspecified atom stereocenters. The number of aromatic nitrogens is 3. The van der Waals surface area contributed by atoms with E-state index in [0.29, 0.717) is 17.8 Å². The van der Waals surface area contributed by atoms with E-state index in [0.717, 1.165) is 5.56 Å². The molecule has 3 rings (SSSR count). The van der Waals surface area contributed by atoms with Crippen molar-refractivity contribution in [2.45, 2.75) is 12.5 Å². The maximum atomic E-state index is 12.3. The standard InChI is InChI=1S/C17H17N5O3/c1-25-16(23)14(10-12-6-3-2-4-7-12)20-17(24)19-13-8-5-9-22-11-18-21-15(13)22/h2-9,11,14H,10H2,1H3,(H2,19,20,24). The zero-order valence-electron chi connectivity index (χ0n) is 13.5. The van der Waals surface area contributed by atoms with Gasteiger partial charge in [-0.1, -0.05) is 30.3 Å². The molecule has 0 fully saturated rings. The molecule has 8 nitrogen and oxygen atoms in total. The molecule has 2 N–H and O–H groups in total. The first-order valence-corrected chi connectivity index (χ1v) is 7.65. The highest BCUT2D eigenvalue weighted by Gasteiger charge is 2.22. The second kappa shape index (κ2) is 7.43. The summed E-state index contributed by atoms with van der Waals surface area (Å²) in [5, 5.41) is 13.1. The summed E-state index contributed by atoms with van der Waals surface area (Å²) in [6.45, 7) is 0. The molecule has 2 heterocycles. The summed E-state index contributed by atoms with van der Waals surface area (Å²) < 4.78 is 6.46. The molecular weight excluding hydrogens is 322 g/mol. The summed E-state index contributed by atoms with van der Waals surface area (Å²) in [7, 11) is 1.29. The molecule has 25 heavy (non-hydrogen) atoms. The third-order valence-corrected chi connectivity index (χ3v) is 3.65. The number of rotatable bonds is 5. The molecule has 2 aromatic heterocycles. The van der Waals surface area contributed by atoms with E-state index in [1.54, 1.807) is 22.7 Å². The van der Waals surface area contributed by atoms with Crippen molar-refractivity contribution >= 4 is 23.3 Å². The van der Waals surface area contributed by atoms with Crippen LogP contribution in [0.3, 0.4) is 0 Å². The fraction of sp³-hybridized carbons (Fsp3) is 0.176. The van der Waals surface area contributed by atoms with Gasteiger partial charge in [-0.2, -0.15) is 0 Å². The largest absolute Gasteiger partial charge is 0.467 e. The molecule has 1 atom stereocenters. The molecule has 0 aliphatic carbocycles. The fourth-order valence-corrected chi connectivity index (χ4v) is 2.45. The van der Waals surface area contributed by atoms with Gasteiger partial charge in [0.05, 0.1) is 12.8 Å². The lowest BCUT2D eigenvalue weighted by Gasteiger charge is -2.17. The Morgan fingerprint density at radius 1 is 1.20 bits per heavy atom. The minimum absolute atomic E-state index is 0.329. The third-order valence-electron chi connectivity index (χ3n) is 3.65. The summed E-state index contributed by atoms with van der Waals surface area (Å²) >= 11 is 0. The lowest BCUT2D eigenvalue weighted by Crippen LogP contribution is -2.45. The van der Waals surface area contributed by atoms with Gasteiger partial charge in [0.1, 0.15) is 12.4 Å². The van der Waals surface area contributed by atoms with Crippen molar-refractivity contribution in [3.8, 4) is 0 Å². The van der Waals surface area contributed by atoms with Crippen LogP contribution >= 0.6 is 0 Å². The number of urea groups is 1. The topological polar surface area (TPSA) is 97.6 Å². The van der Waals surface area contributed by atoms with Crippen LogP contribution < -0.4 is 10.6 Å². The highest BCUT2D eigenvalue weighted by molar-refractivity contribution is 5.95. The SMILES string of the molecule is COC(=O)C(Cc1ccccc1)NC(=O)Nc1cccn2cnnc12. The van der Waals surface area contributed by atoms with Crippen molar-refractivity contribution in [1.29, 1.82) is 0 Å². The van der Waals surface area contributed by atoms with Crippen LogP contribution in [0.25, 0.3) is 5.65 Å². The fourth-order valence-electron chi connectivity index (χ4n) is 2.45. The van der Waals surface area contributed by atoms with Gasteiger partial charge in [-0.25, -0.2) is 9.59 Å². The van der Waals surface area contributed by atoms with Crippen molar-refractivity contribution in [3.63, 3.8) is 0 Å². The minimum atomic E-state index is -0.801. The molecular formula is C17H17N5O3. The normalized spacial score (nSPS) is 11.7. The zero-order chi connectivity index (χ0) is 17.6. The van der Waals surface area contributed by atoms with Gasteiger partial charge in [0.2, 0.25) is 0 Å². The smallest absolute Gasteiger partial charge is 0.328 e. The van der Waals surface area contributed by atoms with Gasteiger partial charge in [0, 0.05) is 12.6 Å². The molecule has 0 aliphatic rings. The minimum Gasteiger partial charge on any atom is -0.467 e. The molecule has 0 aliphatic heterocycles. The molecule has 0 saturated heterocycles. The maximum Gasteiger partial charge on any atom is 0.328 e. The van der Waals surface area contributed by atoms with Crippen LogP contribution in [0.15, 0.2) is 55.0 Å². The number of benzene rings is 1. The molecule has 2 amide bonds. The van der Waals surface area contributed by atoms with E-state index in [1.165, 1.54) is 13.4 Å². The van der Waals surface area contributed by atoms with Gasteiger partial charge in [-0.05, 0) is 17.7 Å². The number of nitrogens with one attached hydrogen (secondary N) is 2. The van der Waals surface area contributed by atoms with Gasteiger partial charge >= 0.3 is 12.0 Å². The van der Waals surface area contributed by atoms with Crippen LogP contribution in [-0.4, -0.2) is 39.8 Å². The average molecular weight is 339 g/mol. The van der Waals surface area contributed by atoms with Crippen LogP contribution in [0.2, 0.25) is 0 Å². The Labute approximate surface area is 143 Å². The Hall–Kier alpha value is -3.42. The predicted octanol–water partition coefficient (Wildman–Crippen LogP) is 1.64. The predicted molar refractivity (Wildman–Crippen MR) is 91.1 cm³/mol. The maximum absolute atomic E-state index is 12.3. The van der Waals surface area contributed by atoms with E-state index >= 15 is 0 Å². The summed E-state index contributed by atoms with van der Waals surface area (Å²) in [5.41, 5.74) is 1.91. The lowest BCUT2D eigenvalue weighted by molar-refractivity contribution is -0.142. The quantitative estimate of drug-likeness (QED) is 0.689. The van der Waals surface area contributed by atoms with Crippen LogP contribution in [0, 0.1) is 0 Å². The molecule has 128 valence electrons. The van der Waals surface area contributed by atoms with Crippen molar-refractivity contribution in [3.05, 3.63) is 60.6 Å². The average Bonchev–Trinajstić information content (AvgIpc) is 3.11. The number of hydrogen-bond acceptors (Lipinski definition) is 5. The Bertz CT molecular complexity index is 878. The number of carbonyl (C=O) groups excluding carboxylic acids is 2. The Balaban J connectivity index is 1.71. The van der Waals surface area contributed by atoms with E-state index in [9.17, 15) is 9.59 Å². The van der Waals surface area contributed by atoms with Crippen LogP contribution in [-0.2, 0) is 16.0 Å². The number of nitrogens with zero attached hydrogens (tertiary/aromatic N) is 3. The van der Waals surface area contributed by atoms with Crippen LogP contribution in [0.5, 0.6) is 0 Å². The van der Waals surface area contributed by atoms with Crippen molar-refractivity contribution in [1.82, 2.24) is 19.9 Å². The van der Waals surface area contributed by atoms with E-state index in [-0.39, 0.29) is 0 Å². The summed E-state index contributed by atoms with van der Waals surface area (Å²) in [5.74, 6) is -0.514. The van der Waals surface area contributed by atoms with Crippen molar-refractivity contribution in [2.24, 2.45) is 0 Å². The molecule has 0 spiro atoms. The van der Waals surface area contributed by atoms with E-state index in [2.05, 4.69) is 20.8 Å². The van der Waals surface area contributed by atoms with Crippen LogP contribution in [0.4, 0.5) is 10.5 Å². The first kappa shape index (κ1) is 16.4. The molecule has 0 bridgehead atoms. The third kappa shape index (κ3) is 3.92.